The lowest BCUT2D eigenvalue weighted by atomic mass is 10.0. The second kappa shape index (κ2) is 57.0. The van der Waals surface area contributed by atoms with Crippen molar-refractivity contribution in [3.63, 3.8) is 0 Å². The second-order valence-electron chi connectivity index (χ2n) is 21.0. The summed E-state index contributed by atoms with van der Waals surface area (Å²) >= 11 is 0. The van der Waals surface area contributed by atoms with Crippen molar-refractivity contribution < 1.29 is 28.6 Å². The SMILES string of the molecule is CCCCCCCCCCCCCCCCCCCCCCCCCCCC(=O)OCC(COC(=O)CCCCCCCC)OC(=O)CCCCCCCCCCCCCCCCCCCC. The molecule has 1 unspecified atom stereocenters. The zero-order chi connectivity index (χ0) is 48.6. The Bertz CT molecular complexity index is 998. The van der Waals surface area contributed by atoms with Crippen LogP contribution in [0.25, 0.3) is 0 Å². The van der Waals surface area contributed by atoms with Crippen LogP contribution in [0.4, 0.5) is 0 Å². The number of hydrogen-bond donors (Lipinski definition) is 0. The number of carbonyl (C=O) groups is 3. The number of esters is 3. The van der Waals surface area contributed by atoms with Crippen molar-refractivity contribution in [1.29, 1.82) is 0 Å². The summed E-state index contributed by atoms with van der Waals surface area (Å²) in [5, 5.41) is 0. The van der Waals surface area contributed by atoms with Gasteiger partial charge in [-0.15, -0.1) is 0 Å². The van der Waals surface area contributed by atoms with Crippen molar-refractivity contribution >= 4 is 17.9 Å². The first-order chi connectivity index (χ1) is 33.0. The lowest BCUT2D eigenvalue weighted by molar-refractivity contribution is -0.167. The van der Waals surface area contributed by atoms with Crippen LogP contribution in [0, 0.1) is 0 Å². The smallest absolute Gasteiger partial charge is 0.306 e. The number of unbranched alkanes of at least 4 members (excludes halogenated alkanes) is 46. The molecule has 0 N–H and O–H groups in total. The lowest BCUT2D eigenvalue weighted by Crippen LogP contribution is -2.30. The molecule has 0 aromatic carbocycles. The Morgan fingerprint density at radius 3 is 0.597 bits per heavy atom. The standard InChI is InChI=1S/C61H118O6/c1-4-7-10-13-16-18-20-22-24-26-28-29-30-31-32-33-34-36-37-39-41-43-45-48-51-54-60(63)66-57-58(56-65-59(62)53-50-47-15-12-9-6-3)67-61(64)55-52-49-46-44-42-40-38-35-27-25-23-21-19-17-14-11-8-5-2/h58H,4-57H2,1-3H3. The Labute approximate surface area is 418 Å². The summed E-state index contributed by atoms with van der Waals surface area (Å²) < 4.78 is 16.8. The van der Waals surface area contributed by atoms with Gasteiger partial charge in [-0.2, -0.15) is 0 Å². The quantitative estimate of drug-likeness (QED) is 0.0343. The van der Waals surface area contributed by atoms with Crippen LogP contribution in [-0.2, 0) is 28.6 Å². The molecule has 0 fully saturated rings. The predicted octanol–water partition coefficient (Wildman–Crippen LogP) is 20.3. The van der Waals surface area contributed by atoms with E-state index in [9.17, 15) is 14.4 Å². The van der Waals surface area contributed by atoms with Gasteiger partial charge in [0.2, 0.25) is 0 Å². The minimum absolute atomic E-state index is 0.0621. The second-order valence-corrected chi connectivity index (χ2v) is 21.0. The van der Waals surface area contributed by atoms with Crippen LogP contribution >= 0.6 is 0 Å². The molecule has 6 heteroatoms. The highest BCUT2D eigenvalue weighted by atomic mass is 16.6. The van der Waals surface area contributed by atoms with Gasteiger partial charge in [-0.1, -0.05) is 316 Å². The van der Waals surface area contributed by atoms with Gasteiger partial charge >= 0.3 is 17.9 Å². The Balaban J connectivity index is 4.01. The summed E-state index contributed by atoms with van der Waals surface area (Å²) in [5.41, 5.74) is 0. The minimum Gasteiger partial charge on any atom is -0.462 e. The van der Waals surface area contributed by atoms with Gasteiger partial charge < -0.3 is 14.2 Å². The van der Waals surface area contributed by atoms with E-state index in [0.717, 1.165) is 57.8 Å². The molecule has 0 aliphatic carbocycles. The first kappa shape index (κ1) is 65.4. The van der Waals surface area contributed by atoms with Crippen LogP contribution in [0.15, 0.2) is 0 Å². The predicted molar refractivity (Wildman–Crippen MR) is 289 cm³/mol. The molecule has 398 valence electrons. The van der Waals surface area contributed by atoms with Gasteiger partial charge in [0.1, 0.15) is 13.2 Å². The van der Waals surface area contributed by atoms with Crippen LogP contribution < -0.4 is 0 Å². The summed E-state index contributed by atoms with van der Waals surface area (Å²) in [6, 6.07) is 0. The third kappa shape index (κ3) is 55.2. The molecule has 0 radical (unpaired) electrons. The molecule has 0 saturated heterocycles. The normalized spacial score (nSPS) is 11.9. The molecule has 0 amide bonds. The molecule has 0 aromatic rings. The average molecular weight is 948 g/mol. The van der Waals surface area contributed by atoms with Gasteiger partial charge in [-0.3, -0.25) is 14.4 Å². The highest BCUT2D eigenvalue weighted by Crippen LogP contribution is 2.18. The molecule has 0 bridgehead atoms. The van der Waals surface area contributed by atoms with Gasteiger partial charge in [0, 0.05) is 19.3 Å². The van der Waals surface area contributed by atoms with E-state index in [4.69, 9.17) is 14.2 Å². The molecule has 0 aromatic heterocycles. The fraction of sp³-hybridized carbons (Fsp3) is 0.951. The van der Waals surface area contributed by atoms with Gasteiger partial charge in [0.25, 0.3) is 0 Å². The maximum Gasteiger partial charge on any atom is 0.306 e. The van der Waals surface area contributed by atoms with E-state index in [1.165, 1.54) is 257 Å². The molecule has 0 aliphatic heterocycles. The van der Waals surface area contributed by atoms with Crippen LogP contribution in [0.3, 0.4) is 0 Å². The molecular weight excluding hydrogens is 829 g/mol. The fourth-order valence-corrected chi connectivity index (χ4v) is 9.51. The molecule has 0 rings (SSSR count). The van der Waals surface area contributed by atoms with Gasteiger partial charge in [-0.05, 0) is 19.3 Å². The Morgan fingerprint density at radius 1 is 0.239 bits per heavy atom. The zero-order valence-electron chi connectivity index (χ0n) is 45.7. The van der Waals surface area contributed by atoms with Gasteiger partial charge in [-0.25, -0.2) is 0 Å². The van der Waals surface area contributed by atoms with E-state index >= 15 is 0 Å². The van der Waals surface area contributed by atoms with Crippen molar-refractivity contribution in [2.75, 3.05) is 13.2 Å². The highest BCUT2D eigenvalue weighted by molar-refractivity contribution is 5.71. The molecule has 0 saturated carbocycles. The van der Waals surface area contributed by atoms with Gasteiger partial charge in [0.15, 0.2) is 6.10 Å². The third-order valence-electron chi connectivity index (χ3n) is 14.1. The van der Waals surface area contributed by atoms with E-state index in [1.54, 1.807) is 0 Å². The molecule has 6 nitrogen and oxygen atoms in total. The Morgan fingerprint density at radius 2 is 0.403 bits per heavy atom. The lowest BCUT2D eigenvalue weighted by Gasteiger charge is -2.18. The van der Waals surface area contributed by atoms with E-state index in [2.05, 4.69) is 20.8 Å². The van der Waals surface area contributed by atoms with Crippen LogP contribution in [0.5, 0.6) is 0 Å². The topological polar surface area (TPSA) is 78.9 Å². The third-order valence-corrected chi connectivity index (χ3v) is 14.1. The van der Waals surface area contributed by atoms with Crippen molar-refractivity contribution in [2.24, 2.45) is 0 Å². The first-order valence-electron chi connectivity index (χ1n) is 30.5. The number of rotatable bonds is 57. The monoisotopic (exact) mass is 947 g/mol. The van der Waals surface area contributed by atoms with Crippen LogP contribution in [0.1, 0.15) is 355 Å². The average Bonchev–Trinajstić information content (AvgIpc) is 3.33. The zero-order valence-corrected chi connectivity index (χ0v) is 45.7. The van der Waals surface area contributed by atoms with Crippen molar-refractivity contribution in [2.45, 2.75) is 361 Å². The van der Waals surface area contributed by atoms with Crippen LogP contribution in [-0.4, -0.2) is 37.2 Å². The number of carbonyl (C=O) groups excluding carboxylic acids is 3. The van der Waals surface area contributed by atoms with Crippen molar-refractivity contribution in [1.82, 2.24) is 0 Å². The minimum atomic E-state index is -0.760. The molecule has 0 aliphatic rings. The maximum absolute atomic E-state index is 12.8. The Kier molecular flexibility index (Phi) is 55.6. The molecule has 67 heavy (non-hydrogen) atoms. The van der Waals surface area contributed by atoms with E-state index in [1.807, 2.05) is 0 Å². The van der Waals surface area contributed by atoms with Gasteiger partial charge in [0.05, 0.1) is 0 Å². The number of hydrogen-bond acceptors (Lipinski definition) is 6. The molecule has 0 heterocycles. The van der Waals surface area contributed by atoms with Crippen LogP contribution in [0.2, 0.25) is 0 Å². The fourth-order valence-electron chi connectivity index (χ4n) is 9.51. The summed E-state index contributed by atoms with van der Waals surface area (Å²) in [4.78, 5) is 37.9. The molecule has 0 spiro atoms. The maximum atomic E-state index is 12.8. The van der Waals surface area contributed by atoms with Crippen molar-refractivity contribution in [3.05, 3.63) is 0 Å². The van der Waals surface area contributed by atoms with E-state index in [-0.39, 0.29) is 31.1 Å². The largest absolute Gasteiger partial charge is 0.462 e. The van der Waals surface area contributed by atoms with Crippen molar-refractivity contribution in [3.8, 4) is 0 Å². The summed E-state index contributed by atoms with van der Waals surface area (Å²) in [6.45, 7) is 6.65. The van der Waals surface area contributed by atoms with E-state index < -0.39 is 6.10 Å². The molecular formula is C61H118O6. The molecule has 1 atom stereocenters. The summed E-state index contributed by atoms with van der Waals surface area (Å²) in [6.07, 6.45) is 64.3. The summed E-state index contributed by atoms with van der Waals surface area (Å²) in [7, 11) is 0. The number of ether oxygens (including phenoxy) is 3. The first-order valence-corrected chi connectivity index (χ1v) is 30.5. The van der Waals surface area contributed by atoms with E-state index in [0.29, 0.717) is 19.3 Å². The summed E-state index contributed by atoms with van der Waals surface area (Å²) in [5.74, 6) is -0.844. The Hall–Kier alpha value is -1.59. The highest BCUT2D eigenvalue weighted by Gasteiger charge is 2.19.